The molecule has 2 aliphatic rings. The van der Waals surface area contributed by atoms with E-state index in [0.717, 1.165) is 17.9 Å². The maximum atomic E-state index is 12.6. The highest BCUT2D eigenvalue weighted by Crippen LogP contribution is 2.45. The zero-order valence-corrected chi connectivity index (χ0v) is 13.5. The van der Waals surface area contributed by atoms with Crippen LogP contribution in [0.25, 0.3) is 0 Å². The first-order valence-corrected chi connectivity index (χ1v) is 8.47. The zero-order valence-electron chi connectivity index (χ0n) is 12.7. The second-order valence-electron chi connectivity index (χ2n) is 6.18. The molecule has 1 amide bonds. The van der Waals surface area contributed by atoms with E-state index in [4.69, 9.17) is 11.6 Å². The van der Waals surface area contributed by atoms with Crippen LogP contribution in [0.15, 0.2) is 49.1 Å². The van der Waals surface area contributed by atoms with Crippen LogP contribution in [0.2, 0.25) is 5.02 Å². The van der Waals surface area contributed by atoms with Gasteiger partial charge in [0.2, 0.25) is 5.91 Å². The SMILES string of the molecule is C=C/C=C/C1C(=O)N(C2CCCCC2)C1c1ccc(Cl)cc1. The molecule has 1 aromatic carbocycles. The van der Waals surface area contributed by atoms with Crippen molar-refractivity contribution in [2.24, 2.45) is 5.92 Å². The van der Waals surface area contributed by atoms with Gasteiger partial charge in [0, 0.05) is 11.1 Å². The monoisotopic (exact) mass is 315 g/mol. The summed E-state index contributed by atoms with van der Waals surface area (Å²) in [6.45, 7) is 3.71. The third kappa shape index (κ3) is 2.85. The van der Waals surface area contributed by atoms with E-state index in [1.807, 2.05) is 36.4 Å². The molecule has 2 fully saturated rings. The smallest absolute Gasteiger partial charge is 0.232 e. The van der Waals surface area contributed by atoms with E-state index in [-0.39, 0.29) is 17.9 Å². The molecule has 2 unspecified atom stereocenters. The van der Waals surface area contributed by atoms with Crippen LogP contribution in [-0.2, 0) is 4.79 Å². The Balaban J connectivity index is 1.87. The maximum Gasteiger partial charge on any atom is 0.232 e. The van der Waals surface area contributed by atoms with Crippen molar-refractivity contribution >= 4 is 17.5 Å². The van der Waals surface area contributed by atoms with Crippen LogP contribution in [0.5, 0.6) is 0 Å². The Labute approximate surface area is 137 Å². The maximum absolute atomic E-state index is 12.6. The number of hydrogen-bond donors (Lipinski definition) is 0. The number of halogens is 1. The number of hydrogen-bond acceptors (Lipinski definition) is 1. The zero-order chi connectivity index (χ0) is 15.5. The molecule has 1 heterocycles. The Morgan fingerprint density at radius 3 is 2.45 bits per heavy atom. The molecule has 1 saturated heterocycles. The fourth-order valence-corrected chi connectivity index (χ4v) is 3.84. The third-order valence-corrected chi connectivity index (χ3v) is 5.07. The van der Waals surface area contributed by atoms with E-state index in [2.05, 4.69) is 11.5 Å². The van der Waals surface area contributed by atoms with E-state index in [1.165, 1.54) is 24.8 Å². The molecule has 1 aliphatic heterocycles. The average Bonchev–Trinajstić information content (AvgIpc) is 2.55. The first kappa shape index (κ1) is 15.4. The summed E-state index contributed by atoms with van der Waals surface area (Å²) in [6, 6.07) is 8.45. The molecule has 0 spiro atoms. The van der Waals surface area contributed by atoms with E-state index >= 15 is 0 Å². The first-order chi connectivity index (χ1) is 10.7. The fraction of sp³-hybridized carbons (Fsp3) is 0.421. The summed E-state index contributed by atoms with van der Waals surface area (Å²) in [4.78, 5) is 14.7. The van der Waals surface area contributed by atoms with Crippen LogP contribution < -0.4 is 0 Å². The van der Waals surface area contributed by atoms with E-state index in [0.29, 0.717) is 6.04 Å². The Morgan fingerprint density at radius 2 is 1.82 bits per heavy atom. The van der Waals surface area contributed by atoms with E-state index in [9.17, 15) is 4.79 Å². The van der Waals surface area contributed by atoms with Crippen LogP contribution in [0.3, 0.4) is 0 Å². The predicted molar refractivity (Wildman–Crippen MR) is 90.7 cm³/mol. The molecule has 2 atom stereocenters. The molecule has 1 saturated carbocycles. The number of carbonyl (C=O) groups is 1. The van der Waals surface area contributed by atoms with Gasteiger partial charge in [-0.15, -0.1) is 0 Å². The third-order valence-electron chi connectivity index (χ3n) is 4.81. The Bertz CT molecular complexity index is 572. The lowest BCUT2D eigenvalue weighted by Crippen LogP contribution is -2.58. The van der Waals surface area contributed by atoms with Crippen molar-refractivity contribution in [1.29, 1.82) is 0 Å². The van der Waals surface area contributed by atoms with Crippen molar-refractivity contribution in [3.8, 4) is 0 Å². The van der Waals surface area contributed by atoms with Crippen LogP contribution in [0.4, 0.5) is 0 Å². The Hall–Kier alpha value is -1.54. The fourth-order valence-electron chi connectivity index (χ4n) is 3.72. The second-order valence-corrected chi connectivity index (χ2v) is 6.62. The van der Waals surface area contributed by atoms with Gasteiger partial charge < -0.3 is 4.90 Å². The number of likely N-dealkylation sites (tertiary alicyclic amines) is 1. The molecule has 3 heteroatoms. The normalized spacial score (nSPS) is 26.2. The summed E-state index contributed by atoms with van der Waals surface area (Å²) in [5, 5.41) is 0.733. The molecule has 1 aliphatic carbocycles. The second kappa shape index (κ2) is 6.70. The van der Waals surface area contributed by atoms with Gasteiger partial charge in [0.25, 0.3) is 0 Å². The molecular formula is C19H22ClNO. The van der Waals surface area contributed by atoms with Gasteiger partial charge in [0.1, 0.15) is 0 Å². The van der Waals surface area contributed by atoms with Crippen LogP contribution in [0.1, 0.15) is 43.7 Å². The summed E-state index contributed by atoms with van der Waals surface area (Å²) >= 11 is 6.00. The highest BCUT2D eigenvalue weighted by Gasteiger charge is 2.49. The minimum atomic E-state index is -0.0684. The van der Waals surface area contributed by atoms with Crippen molar-refractivity contribution < 1.29 is 4.79 Å². The molecule has 0 N–H and O–H groups in total. The number of carbonyl (C=O) groups excluding carboxylic acids is 1. The summed E-state index contributed by atoms with van der Waals surface area (Å²) in [6.07, 6.45) is 11.6. The van der Waals surface area contributed by atoms with Crippen LogP contribution >= 0.6 is 11.6 Å². The van der Waals surface area contributed by atoms with Gasteiger partial charge in [0.15, 0.2) is 0 Å². The van der Waals surface area contributed by atoms with E-state index in [1.54, 1.807) is 6.08 Å². The summed E-state index contributed by atoms with van der Waals surface area (Å²) in [5.74, 6) is 0.186. The van der Waals surface area contributed by atoms with Gasteiger partial charge in [-0.2, -0.15) is 0 Å². The van der Waals surface area contributed by atoms with Crippen LogP contribution in [0, 0.1) is 5.92 Å². The lowest BCUT2D eigenvalue weighted by Gasteiger charge is -2.51. The lowest BCUT2D eigenvalue weighted by atomic mass is 9.78. The largest absolute Gasteiger partial charge is 0.331 e. The number of amides is 1. The van der Waals surface area contributed by atoms with Crippen LogP contribution in [-0.4, -0.2) is 16.8 Å². The Kier molecular flexibility index (Phi) is 4.68. The van der Waals surface area contributed by atoms with Gasteiger partial charge in [-0.1, -0.05) is 67.8 Å². The van der Waals surface area contributed by atoms with Crippen molar-refractivity contribution in [2.75, 3.05) is 0 Å². The summed E-state index contributed by atoms with van der Waals surface area (Å²) in [5.41, 5.74) is 1.17. The van der Waals surface area contributed by atoms with E-state index < -0.39 is 0 Å². The topological polar surface area (TPSA) is 20.3 Å². The number of benzene rings is 1. The minimum absolute atomic E-state index is 0.0684. The number of β-lactam (4-membered cyclic amide) rings is 1. The predicted octanol–water partition coefficient (Wildman–Crippen LogP) is 4.91. The average molecular weight is 316 g/mol. The van der Waals surface area contributed by atoms with Crippen molar-refractivity contribution in [2.45, 2.75) is 44.2 Å². The molecular weight excluding hydrogens is 294 g/mol. The molecule has 0 radical (unpaired) electrons. The molecule has 116 valence electrons. The quantitative estimate of drug-likeness (QED) is 0.571. The minimum Gasteiger partial charge on any atom is -0.331 e. The van der Waals surface area contributed by atoms with Crippen molar-refractivity contribution in [1.82, 2.24) is 4.90 Å². The van der Waals surface area contributed by atoms with Gasteiger partial charge in [-0.25, -0.2) is 0 Å². The van der Waals surface area contributed by atoms with Gasteiger partial charge >= 0.3 is 0 Å². The molecule has 22 heavy (non-hydrogen) atoms. The van der Waals surface area contributed by atoms with Gasteiger partial charge in [0.05, 0.1) is 12.0 Å². The van der Waals surface area contributed by atoms with Crippen molar-refractivity contribution in [3.05, 3.63) is 59.7 Å². The van der Waals surface area contributed by atoms with Gasteiger partial charge in [-0.05, 0) is 30.5 Å². The molecule has 0 bridgehead atoms. The molecule has 3 rings (SSSR count). The number of allylic oxidation sites excluding steroid dienone is 2. The van der Waals surface area contributed by atoms with Gasteiger partial charge in [-0.3, -0.25) is 4.79 Å². The number of rotatable bonds is 4. The highest BCUT2D eigenvalue weighted by molar-refractivity contribution is 6.30. The lowest BCUT2D eigenvalue weighted by molar-refractivity contribution is -0.159. The highest BCUT2D eigenvalue weighted by atomic mass is 35.5. The molecule has 2 nitrogen and oxygen atoms in total. The molecule has 0 aromatic heterocycles. The standard InChI is InChI=1S/C19H22ClNO/c1-2-3-9-17-18(14-10-12-15(20)13-11-14)21(19(17)22)16-7-5-4-6-8-16/h2-3,9-13,16-18H,1,4-8H2/b9-3+. The summed E-state index contributed by atoms with van der Waals surface area (Å²) in [7, 11) is 0. The number of nitrogens with zero attached hydrogens (tertiary/aromatic N) is 1. The Morgan fingerprint density at radius 1 is 1.14 bits per heavy atom. The summed E-state index contributed by atoms with van der Waals surface area (Å²) < 4.78 is 0. The van der Waals surface area contributed by atoms with Crippen molar-refractivity contribution in [3.63, 3.8) is 0 Å². The molecule has 1 aromatic rings. The first-order valence-electron chi connectivity index (χ1n) is 8.09.